The average molecular weight is 169 g/mol. The largest absolute Gasteiger partial charge is 0.464 e. The summed E-state index contributed by atoms with van der Waals surface area (Å²) in [6.45, 7) is 4.96. The summed E-state index contributed by atoms with van der Waals surface area (Å²) in [6.07, 6.45) is 1.73. The highest BCUT2D eigenvalue weighted by atomic mass is 16.5. The molecule has 0 radical (unpaired) electrons. The van der Waals surface area contributed by atoms with E-state index in [9.17, 15) is 4.79 Å². The Morgan fingerprint density at radius 2 is 2.25 bits per heavy atom. The quantitative estimate of drug-likeness (QED) is 0.543. The Morgan fingerprint density at radius 1 is 1.50 bits per heavy atom. The highest BCUT2D eigenvalue weighted by molar-refractivity contribution is 5.71. The highest BCUT2D eigenvalue weighted by Crippen LogP contribution is 2.33. The molecule has 0 amide bonds. The number of esters is 1. The maximum atomic E-state index is 11.0. The maximum Gasteiger partial charge on any atom is 0.307 e. The van der Waals surface area contributed by atoms with Crippen LogP contribution in [0.3, 0.4) is 0 Å². The first kappa shape index (κ1) is 8.05. The monoisotopic (exact) mass is 169 g/mol. The summed E-state index contributed by atoms with van der Waals surface area (Å²) in [7, 11) is 0. The van der Waals surface area contributed by atoms with Crippen LogP contribution >= 0.6 is 0 Å². The third-order valence-electron chi connectivity index (χ3n) is 2.82. The molecule has 2 atom stereocenters. The van der Waals surface area contributed by atoms with E-state index >= 15 is 0 Å². The van der Waals surface area contributed by atoms with Gasteiger partial charge in [-0.3, -0.25) is 9.69 Å². The van der Waals surface area contributed by atoms with E-state index in [1.54, 1.807) is 0 Å². The van der Waals surface area contributed by atoms with Crippen molar-refractivity contribution in [3.05, 3.63) is 0 Å². The van der Waals surface area contributed by atoms with Gasteiger partial charge in [0.1, 0.15) is 6.61 Å². The second-order valence-corrected chi connectivity index (χ2v) is 3.97. The Morgan fingerprint density at radius 3 is 2.92 bits per heavy atom. The van der Waals surface area contributed by atoms with Crippen LogP contribution < -0.4 is 0 Å². The molecule has 3 heterocycles. The molecule has 0 aliphatic carbocycles. The summed E-state index contributed by atoms with van der Waals surface area (Å²) in [5, 5.41) is 0. The number of rotatable bonds is 1. The summed E-state index contributed by atoms with van der Waals surface area (Å²) in [4.78, 5) is 13.4. The lowest BCUT2D eigenvalue weighted by atomic mass is 9.90. The van der Waals surface area contributed by atoms with Gasteiger partial charge in [-0.25, -0.2) is 0 Å². The summed E-state index contributed by atoms with van der Waals surface area (Å²) < 4.78 is 5.06. The zero-order valence-corrected chi connectivity index (χ0v) is 7.62. The standard InChI is InChI=1S/C9H15NO2/c1-6(2)10-7-3-8(10)5-12-9(11)4-7/h6-8H,3-5H2,1-2H3. The van der Waals surface area contributed by atoms with Gasteiger partial charge in [-0.2, -0.15) is 0 Å². The third kappa shape index (κ3) is 1.12. The first-order valence-corrected chi connectivity index (χ1v) is 4.61. The van der Waals surface area contributed by atoms with Crippen LogP contribution in [0.2, 0.25) is 0 Å². The third-order valence-corrected chi connectivity index (χ3v) is 2.82. The van der Waals surface area contributed by atoms with Crippen molar-refractivity contribution in [1.82, 2.24) is 4.90 Å². The zero-order chi connectivity index (χ0) is 8.72. The normalized spacial score (nSPS) is 35.8. The molecule has 0 aromatic carbocycles. The summed E-state index contributed by atoms with van der Waals surface area (Å²) in [6, 6.07) is 1.51. The Balaban J connectivity index is 2.06. The minimum Gasteiger partial charge on any atom is -0.464 e. The van der Waals surface area contributed by atoms with Gasteiger partial charge in [-0.05, 0) is 20.3 Å². The molecule has 3 heteroatoms. The van der Waals surface area contributed by atoms with Crippen LogP contribution in [-0.4, -0.2) is 35.6 Å². The van der Waals surface area contributed by atoms with Crippen LogP contribution in [0, 0.1) is 0 Å². The van der Waals surface area contributed by atoms with E-state index < -0.39 is 0 Å². The number of carbonyl (C=O) groups excluding carboxylic acids is 1. The van der Waals surface area contributed by atoms with Crippen molar-refractivity contribution in [3.63, 3.8) is 0 Å². The lowest BCUT2D eigenvalue weighted by Crippen LogP contribution is -2.59. The van der Waals surface area contributed by atoms with Gasteiger partial charge in [-0.1, -0.05) is 0 Å². The van der Waals surface area contributed by atoms with E-state index in [1.807, 2.05) is 0 Å². The number of fused-ring (bicyclic) bond motifs is 3. The topological polar surface area (TPSA) is 29.5 Å². The smallest absolute Gasteiger partial charge is 0.307 e. The van der Waals surface area contributed by atoms with E-state index in [2.05, 4.69) is 18.7 Å². The molecule has 3 aliphatic rings. The van der Waals surface area contributed by atoms with E-state index in [-0.39, 0.29) is 5.97 Å². The van der Waals surface area contributed by atoms with Crippen molar-refractivity contribution >= 4 is 5.97 Å². The molecule has 3 aliphatic heterocycles. The molecule has 0 aromatic rings. The minimum atomic E-state index is -0.0225. The van der Waals surface area contributed by atoms with Crippen molar-refractivity contribution in [3.8, 4) is 0 Å². The lowest BCUT2D eigenvalue weighted by molar-refractivity contribution is -0.142. The highest BCUT2D eigenvalue weighted by Gasteiger charge is 2.44. The SMILES string of the molecule is CC(C)N1C2COC(=O)CC1C2. The van der Waals surface area contributed by atoms with Crippen LogP contribution in [0.4, 0.5) is 0 Å². The molecule has 2 bridgehead atoms. The second kappa shape index (κ2) is 2.73. The predicted octanol–water partition coefficient (Wildman–Crippen LogP) is 0.785. The number of carbonyl (C=O) groups is 1. The van der Waals surface area contributed by atoms with Gasteiger partial charge in [0.2, 0.25) is 0 Å². The van der Waals surface area contributed by atoms with Gasteiger partial charge in [0.15, 0.2) is 0 Å². The van der Waals surface area contributed by atoms with Crippen LogP contribution in [0.25, 0.3) is 0 Å². The maximum absolute atomic E-state index is 11.0. The number of nitrogens with zero attached hydrogens (tertiary/aromatic N) is 1. The molecular weight excluding hydrogens is 154 g/mol. The van der Waals surface area contributed by atoms with Gasteiger partial charge in [0.25, 0.3) is 0 Å². The molecule has 3 rings (SSSR count). The summed E-state index contributed by atoms with van der Waals surface area (Å²) >= 11 is 0. The van der Waals surface area contributed by atoms with Crippen molar-refractivity contribution in [1.29, 1.82) is 0 Å². The molecule has 3 fully saturated rings. The molecule has 68 valence electrons. The van der Waals surface area contributed by atoms with Crippen molar-refractivity contribution in [2.75, 3.05) is 6.61 Å². The van der Waals surface area contributed by atoms with Gasteiger partial charge in [-0.15, -0.1) is 0 Å². The fourth-order valence-corrected chi connectivity index (χ4v) is 2.34. The molecule has 3 nitrogen and oxygen atoms in total. The van der Waals surface area contributed by atoms with E-state index in [0.29, 0.717) is 31.2 Å². The Labute approximate surface area is 72.7 Å². The average Bonchev–Trinajstić information content (AvgIpc) is 2.16. The second-order valence-electron chi connectivity index (χ2n) is 3.97. The fourth-order valence-electron chi connectivity index (χ4n) is 2.34. The Hall–Kier alpha value is -0.570. The lowest BCUT2D eigenvalue weighted by Gasteiger charge is -2.48. The number of ether oxygens (including phenoxy) is 1. The van der Waals surface area contributed by atoms with Crippen molar-refractivity contribution < 1.29 is 9.53 Å². The number of hydrogen-bond donors (Lipinski definition) is 0. The zero-order valence-electron chi connectivity index (χ0n) is 7.62. The molecular formula is C9H15NO2. The Bertz CT molecular complexity index is 203. The number of hydrogen-bond acceptors (Lipinski definition) is 3. The predicted molar refractivity (Wildman–Crippen MR) is 44.7 cm³/mol. The van der Waals surface area contributed by atoms with Gasteiger partial charge < -0.3 is 4.74 Å². The van der Waals surface area contributed by atoms with E-state index in [4.69, 9.17) is 4.74 Å². The van der Waals surface area contributed by atoms with Crippen molar-refractivity contribution in [2.45, 2.75) is 44.8 Å². The molecule has 0 aromatic heterocycles. The van der Waals surface area contributed by atoms with E-state index in [1.165, 1.54) is 0 Å². The molecule has 0 N–H and O–H groups in total. The van der Waals surface area contributed by atoms with Crippen LogP contribution in [-0.2, 0) is 9.53 Å². The van der Waals surface area contributed by atoms with Gasteiger partial charge in [0, 0.05) is 18.1 Å². The minimum absolute atomic E-state index is 0.0225. The van der Waals surface area contributed by atoms with Crippen LogP contribution in [0.5, 0.6) is 0 Å². The molecule has 12 heavy (non-hydrogen) atoms. The Kier molecular flexibility index (Phi) is 1.83. The van der Waals surface area contributed by atoms with E-state index in [0.717, 1.165) is 6.42 Å². The molecule has 3 saturated heterocycles. The van der Waals surface area contributed by atoms with Gasteiger partial charge >= 0.3 is 5.97 Å². The van der Waals surface area contributed by atoms with Gasteiger partial charge in [0.05, 0.1) is 6.42 Å². The molecule has 0 spiro atoms. The summed E-state index contributed by atoms with van der Waals surface area (Å²) in [5.74, 6) is -0.0225. The first-order valence-electron chi connectivity index (χ1n) is 4.61. The fraction of sp³-hybridized carbons (Fsp3) is 0.889. The summed E-state index contributed by atoms with van der Waals surface area (Å²) in [5.41, 5.74) is 0. The molecule has 2 unspecified atom stereocenters. The van der Waals surface area contributed by atoms with Crippen LogP contribution in [0.15, 0.2) is 0 Å². The first-order chi connectivity index (χ1) is 5.68. The van der Waals surface area contributed by atoms with Crippen molar-refractivity contribution in [2.24, 2.45) is 0 Å². The molecule has 0 saturated carbocycles. The van der Waals surface area contributed by atoms with Crippen LogP contribution in [0.1, 0.15) is 26.7 Å².